The number of nitrogens with one attached hydrogen (secondary N) is 3. The summed E-state index contributed by atoms with van der Waals surface area (Å²) in [7, 11) is 1.47. The van der Waals surface area contributed by atoms with Crippen LogP contribution in [-0.4, -0.2) is 41.4 Å². The Morgan fingerprint density at radius 3 is 2.14 bits per heavy atom. The van der Waals surface area contributed by atoms with E-state index >= 15 is 0 Å². The van der Waals surface area contributed by atoms with Crippen LogP contribution in [0.3, 0.4) is 0 Å². The highest BCUT2D eigenvalue weighted by atomic mass is 16.6. The number of likely N-dealkylation sites (N-methyl/N-ethyl adjacent to an activating group) is 1. The first-order chi connectivity index (χ1) is 13.1. The molecule has 10 heteroatoms. The summed E-state index contributed by atoms with van der Waals surface area (Å²) in [5.74, 6) is -1.61. The molecule has 1 aromatic carbocycles. The Balaban J connectivity index is 0.000000609. The fraction of sp³-hybridized carbons (Fsp3) is 0.500. The summed E-state index contributed by atoms with van der Waals surface area (Å²) in [5, 5.41) is 23.4. The Bertz CT molecular complexity index is 661. The number of amides is 3. The third kappa shape index (κ3) is 10.9. The maximum Gasteiger partial charge on any atom is 0.269 e. The molecular weight excluding hydrogens is 368 g/mol. The van der Waals surface area contributed by atoms with Crippen LogP contribution in [0.25, 0.3) is 0 Å². The summed E-state index contributed by atoms with van der Waals surface area (Å²) in [6, 6.07) is 6.43. The molecule has 0 saturated carbocycles. The van der Waals surface area contributed by atoms with E-state index in [9.17, 15) is 24.5 Å². The fourth-order valence-corrected chi connectivity index (χ4v) is 2.19. The van der Waals surface area contributed by atoms with Gasteiger partial charge in [-0.15, -0.1) is 0 Å². The maximum atomic E-state index is 11.8. The number of carbonyl (C=O) groups is 3. The van der Waals surface area contributed by atoms with Crippen molar-refractivity contribution in [3.05, 3.63) is 39.9 Å². The molecule has 0 radical (unpaired) electrons. The van der Waals surface area contributed by atoms with Crippen molar-refractivity contribution in [1.29, 1.82) is 0 Å². The molecule has 0 heterocycles. The molecule has 0 aliphatic rings. The van der Waals surface area contributed by atoms with E-state index in [2.05, 4.69) is 10.6 Å². The molecule has 1 rings (SSSR count). The van der Waals surface area contributed by atoms with Gasteiger partial charge in [-0.25, -0.2) is 5.48 Å². The van der Waals surface area contributed by atoms with Crippen molar-refractivity contribution in [2.24, 2.45) is 11.8 Å². The Morgan fingerprint density at radius 1 is 1.14 bits per heavy atom. The molecule has 0 bridgehead atoms. The van der Waals surface area contributed by atoms with E-state index in [0.29, 0.717) is 6.42 Å². The highest BCUT2D eigenvalue weighted by Crippen LogP contribution is 2.15. The third-order valence-electron chi connectivity index (χ3n) is 3.63. The van der Waals surface area contributed by atoms with Crippen LogP contribution in [-0.2, 0) is 14.4 Å². The topological polar surface area (TPSA) is 151 Å². The lowest BCUT2D eigenvalue weighted by Crippen LogP contribution is -2.40. The Morgan fingerprint density at radius 2 is 1.71 bits per heavy atom. The third-order valence-corrected chi connectivity index (χ3v) is 3.63. The number of nitro benzene ring substituents is 1. The maximum absolute atomic E-state index is 11.8. The van der Waals surface area contributed by atoms with Crippen LogP contribution >= 0.6 is 0 Å². The number of hydrogen-bond acceptors (Lipinski definition) is 6. The molecule has 28 heavy (non-hydrogen) atoms. The number of hydroxylamine groups is 1. The molecule has 4 N–H and O–H groups in total. The summed E-state index contributed by atoms with van der Waals surface area (Å²) < 4.78 is 0. The first-order valence-corrected chi connectivity index (χ1v) is 8.72. The standard InChI is InChI=1S/C11H21N3O4.C7H7NO2/c1-7(2)4-8(5-9(15)14-18)11(17)13-6-10(16)12-3;1-6-2-4-7(5-3-6)8(9)10/h7-8,18H,4-6H2,1-3H3,(H,12,16)(H,13,17)(H,14,15);2-5H,1H3. The average Bonchev–Trinajstić information content (AvgIpc) is 2.65. The first-order valence-electron chi connectivity index (χ1n) is 8.72. The van der Waals surface area contributed by atoms with Crippen LogP contribution in [0.15, 0.2) is 24.3 Å². The summed E-state index contributed by atoms with van der Waals surface area (Å²) in [5.41, 5.74) is 2.68. The van der Waals surface area contributed by atoms with Crippen LogP contribution in [0.1, 0.15) is 32.3 Å². The van der Waals surface area contributed by atoms with Gasteiger partial charge < -0.3 is 10.6 Å². The van der Waals surface area contributed by atoms with E-state index in [4.69, 9.17) is 5.21 Å². The summed E-state index contributed by atoms with van der Waals surface area (Å²) in [6.07, 6.45) is 0.404. The van der Waals surface area contributed by atoms with E-state index in [0.717, 1.165) is 5.56 Å². The lowest BCUT2D eigenvalue weighted by atomic mass is 9.93. The summed E-state index contributed by atoms with van der Waals surface area (Å²) in [4.78, 5) is 43.6. The average molecular weight is 396 g/mol. The zero-order valence-electron chi connectivity index (χ0n) is 16.5. The van der Waals surface area contributed by atoms with Crippen molar-refractivity contribution >= 4 is 23.4 Å². The summed E-state index contributed by atoms with van der Waals surface area (Å²) in [6.45, 7) is 5.63. The predicted octanol–water partition coefficient (Wildman–Crippen LogP) is 1.31. The van der Waals surface area contributed by atoms with Gasteiger partial charge in [-0.05, 0) is 19.3 Å². The number of nitro groups is 1. The zero-order valence-corrected chi connectivity index (χ0v) is 16.5. The first kappa shape index (κ1) is 25.0. The number of benzene rings is 1. The van der Waals surface area contributed by atoms with Gasteiger partial charge in [-0.2, -0.15) is 0 Å². The molecule has 1 unspecified atom stereocenters. The highest BCUT2D eigenvalue weighted by molar-refractivity contribution is 5.88. The molecule has 1 aromatic rings. The van der Waals surface area contributed by atoms with Gasteiger partial charge in [0.2, 0.25) is 17.7 Å². The smallest absolute Gasteiger partial charge is 0.269 e. The monoisotopic (exact) mass is 396 g/mol. The fourth-order valence-electron chi connectivity index (χ4n) is 2.19. The van der Waals surface area contributed by atoms with Gasteiger partial charge in [0.25, 0.3) is 5.69 Å². The van der Waals surface area contributed by atoms with Gasteiger partial charge in [0.15, 0.2) is 0 Å². The van der Waals surface area contributed by atoms with Crippen LogP contribution in [0.5, 0.6) is 0 Å². The van der Waals surface area contributed by atoms with Gasteiger partial charge >= 0.3 is 0 Å². The molecule has 0 spiro atoms. The van der Waals surface area contributed by atoms with Crippen molar-refractivity contribution in [3.8, 4) is 0 Å². The van der Waals surface area contributed by atoms with Crippen LogP contribution in [0, 0.1) is 28.9 Å². The van der Waals surface area contributed by atoms with Crippen molar-refractivity contribution < 1.29 is 24.5 Å². The van der Waals surface area contributed by atoms with Gasteiger partial charge in [0, 0.05) is 31.5 Å². The van der Waals surface area contributed by atoms with Crippen LogP contribution in [0.4, 0.5) is 5.69 Å². The zero-order chi connectivity index (χ0) is 21.7. The SMILES string of the molecule is CNC(=O)CNC(=O)C(CC(=O)NO)CC(C)C.Cc1ccc([N+](=O)[O-])cc1. The molecule has 0 aliphatic carbocycles. The minimum absolute atomic E-state index is 0.103. The van der Waals surface area contributed by atoms with Gasteiger partial charge in [-0.3, -0.25) is 29.7 Å². The van der Waals surface area contributed by atoms with Crippen LogP contribution in [0.2, 0.25) is 0 Å². The van der Waals surface area contributed by atoms with E-state index in [1.807, 2.05) is 20.8 Å². The quantitative estimate of drug-likeness (QED) is 0.295. The Labute approximate surface area is 163 Å². The minimum Gasteiger partial charge on any atom is -0.358 e. The van der Waals surface area contributed by atoms with Crippen LogP contribution < -0.4 is 16.1 Å². The van der Waals surface area contributed by atoms with Crippen molar-refractivity contribution in [1.82, 2.24) is 16.1 Å². The molecule has 10 nitrogen and oxygen atoms in total. The molecule has 0 aromatic heterocycles. The number of rotatable bonds is 8. The molecule has 156 valence electrons. The number of non-ortho nitro benzene ring substituents is 1. The van der Waals surface area contributed by atoms with E-state index in [1.54, 1.807) is 12.1 Å². The normalized spacial score (nSPS) is 10.9. The molecule has 0 aliphatic heterocycles. The second-order valence-electron chi connectivity index (χ2n) is 6.55. The minimum atomic E-state index is -0.615. The highest BCUT2D eigenvalue weighted by Gasteiger charge is 2.23. The predicted molar refractivity (Wildman–Crippen MR) is 102 cm³/mol. The van der Waals surface area contributed by atoms with E-state index < -0.39 is 16.7 Å². The Hall–Kier alpha value is -3.01. The van der Waals surface area contributed by atoms with Crippen molar-refractivity contribution in [2.45, 2.75) is 33.6 Å². The molecular formula is C18H28N4O6. The number of carbonyl (C=O) groups excluding carboxylic acids is 3. The van der Waals surface area contributed by atoms with Crippen molar-refractivity contribution in [3.63, 3.8) is 0 Å². The second kappa shape index (κ2) is 13.2. The molecule has 0 saturated heterocycles. The number of nitrogens with zero attached hydrogens (tertiary/aromatic N) is 1. The lowest BCUT2D eigenvalue weighted by molar-refractivity contribution is -0.384. The lowest BCUT2D eigenvalue weighted by Gasteiger charge is -2.17. The molecule has 1 atom stereocenters. The van der Waals surface area contributed by atoms with Gasteiger partial charge in [0.1, 0.15) is 0 Å². The van der Waals surface area contributed by atoms with Crippen molar-refractivity contribution in [2.75, 3.05) is 13.6 Å². The molecule has 3 amide bonds. The van der Waals surface area contributed by atoms with Gasteiger partial charge in [0.05, 0.1) is 11.5 Å². The largest absolute Gasteiger partial charge is 0.358 e. The molecule has 0 fully saturated rings. The van der Waals surface area contributed by atoms with Gasteiger partial charge in [-0.1, -0.05) is 31.5 Å². The van der Waals surface area contributed by atoms with E-state index in [1.165, 1.54) is 24.7 Å². The van der Waals surface area contributed by atoms with E-state index in [-0.39, 0.29) is 36.4 Å². The number of aryl methyl sites for hydroxylation is 1. The number of hydrogen-bond donors (Lipinski definition) is 4. The second-order valence-corrected chi connectivity index (χ2v) is 6.55. The summed E-state index contributed by atoms with van der Waals surface area (Å²) >= 11 is 0. The Kier molecular flexibility index (Phi) is 11.8.